The van der Waals surface area contributed by atoms with E-state index in [4.69, 9.17) is 34.2 Å². The molecule has 2 aliphatic heterocycles. The molecule has 0 radical (unpaired) electrons. The maximum absolute atomic E-state index is 13.3. The summed E-state index contributed by atoms with van der Waals surface area (Å²) in [7, 11) is 0. The number of esters is 5. The molecular formula is C30H39NO12. The summed E-state index contributed by atoms with van der Waals surface area (Å²) in [5.41, 5.74) is 5.68. The largest absolute Gasteiger partial charge is 0.462 e. The van der Waals surface area contributed by atoms with Crippen molar-refractivity contribution in [3.63, 3.8) is 0 Å². The number of fused-ring (bicyclic) bond motifs is 1. The average Bonchev–Trinajstić information content (AvgIpc) is 2.86. The molecule has 6 atom stereocenters. The van der Waals surface area contributed by atoms with Crippen LogP contribution in [0.2, 0.25) is 0 Å². The van der Waals surface area contributed by atoms with Crippen molar-refractivity contribution in [2.75, 3.05) is 0 Å². The SMILES string of the molecule is CC(=O)Oc1cc(OC(C)=O)c2c(c1C)C[C@H]([C@H](C)[C@H](C[C@H]1O[C@H](C(N)=O)C[C@@H](OC(C)=O)C1(C)C)OC(C)=O)OC2=O. The van der Waals surface area contributed by atoms with Crippen LogP contribution in [0.3, 0.4) is 0 Å². The van der Waals surface area contributed by atoms with Crippen LogP contribution in [-0.2, 0) is 49.3 Å². The number of primary amides is 1. The average molecular weight is 606 g/mol. The highest BCUT2D eigenvalue weighted by molar-refractivity contribution is 5.97. The zero-order chi connectivity index (χ0) is 32.4. The first-order chi connectivity index (χ1) is 19.9. The molecule has 236 valence electrons. The Morgan fingerprint density at radius 2 is 1.60 bits per heavy atom. The fraction of sp³-hybridized carbons (Fsp3) is 0.600. The van der Waals surface area contributed by atoms with E-state index in [1.807, 2.05) is 13.8 Å². The summed E-state index contributed by atoms with van der Waals surface area (Å²) >= 11 is 0. The van der Waals surface area contributed by atoms with E-state index in [9.17, 15) is 28.8 Å². The maximum atomic E-state index is 13.3. The van der Waals surface area contributed by atoms with Gasteiger partial charge >= 0.3 is 29.8 Å². The van der Waals surface area contributed by atoms with Crippen molar-refractivity contribution in [3.8, 4) is 11.5 Å². The molecule has 0 aromatic heterocycles. The third kappa shape index (κ3) is 7.70. The van der Waals surface area contributed by atoms with Gasteiger partial charge in [0.25, 0.3) is 0 Å². The van der Waals surface area contributed by atoms with Gasteiger partial charge in [0, 0.05) is 64.4 Å². The number of ether oxygens (including phenoxy) is 6. The Kier molecular flexibility index (Phi) is 10.2. The predicted octanol–water partition coefficient (Wildman–Crippen LogP) is 2.49. The van der Waals surface area contributed by atoms with Gasteiger partial charge < -0.3 is 34.2 Å². The second-order valence-electron chi connectivity index (χ2n) is 11.6. The Labute approximate surface area is 249 Å². The number of hydrogen-bond donors (Lipinski definition) is 1. The quantitative estimate of drug-likeness (QED) is 0.247. The van der Waals surface area contributed by atoms with Gasteiger partial charge in [-0.3, -0.25) is 24.0 Å². The summed E-state index contributed by atoms with van der Waals surface area (Å²) in [6, 6.07) is 1.29. The van der Waals surface area contributed by atoms with Crippen molar-refractivity contribution < 1.29 is 57.2 Å². The van der Waals surface area contributed by atoms with Gasteiger partial charge in [0.1, 0.15) is 41.5 Å². The molecule has 0 aliphatic carbocycles. The molecule has 1 aromatic rings. The van der Waals surface area contributed by atoms with Crippen molar-refractivity contribution >= 4 is 35.8 Å². The number of rotatable bonds is 9. The van der Waals surface area contributed by atoms with Gasteiger partial charge in [-0.1, -0.05) is 20.8 Å². The highest BCUT2D eigenvalue weighted by atomic mass is 16.6. The molecule has 43 heavy (non-hydrogen) atoms. The van der Waals surface area contributed by atoms with Crippen molar-refractivity contribution in [2.24, 2.45) is 17.1 Å². The van der Waals surface area contributed by atoms with Crippen LogP contribution in [0, 0.1) is 18.3 Å². The molecule has 2 N–H and O–H groups in total. The molecule has 0 bridgehead atoms. The normalized spacial score (nSPS) is 24.0. The van der Waals surface area contributed by atoms with Gasteiger partial charge in [0.05, 0.1) is 6.10 Å². The van der Waals surface area contributed by atoms with E-state index in [0.29, 0.717) is 11.1 Å². The van der Waals surface area contributed by atoms with E-state index in [-0.39, 0.29) is 36.3 Å². The molecular weight excluding hydrogens is 566 g/mol. The predicted molar refractivity (Wildman–Crippen MR) is 148 cm³/mol. The van der Waals surface area contributed by atoms with Crippen LogP contribution in [0.1, 0.15) is 82.8 Å². The van der Waals surface area contributed by atoms with Crippen LogP contribution in [-0.4, -0.2) is 66.3 Å². The lowest BCUT2D eigenvalue weighted by Gasteiger charge is -2.47. The van der Waals surface area contributed by atoms with E-state index >= 15 is 0 Å². The third-order valence-electron chi connectivity index (χ3n) is 7.99. The Morgan fingerprint density at radius 1 is 1.00 bits per heavy atom. The first-order valence-corrected chi connectivity index (χ1v) is 14.0. The third-order valence-corrected chi connectivity index (χ3v) is 7.99. The minimum absolute atomic E-state index is 0.0290. The van der Waals surface area contributed by atoms with E-state index in [2.05, 4.69) is 0 Å². The summed E-state index contributed by atoms with van der Waals surface area (Å²) in [6.45, 7) is 11.9. The molecule has 1 fully saturated rings. The minimum Gasteiger partial charge on any atom is -0.462 e. The Hall–Kier alpha value is -4.00. The fourth-order valence-electron chi connectivity index (χ4n) is 5.60. The monoisotopic (exact) mass is 605 g/mol. The highest BCUT2D eigenvalue weighted by Gasteiger charge is 2.50. The van der Waals surface area contributed by atoms with Gasteiger partial charge in [-0.15, -0.1) is 0 Å². The van der Waals surface area contributed by atoms with Gasteiger partial charge in [-0.25, -0.2) is 4.79 Å². The molecule has 1 amide bonds. The molecule has 1 aromatic carbocycles. The lowest BCUT2D eigenvalue weighted by Crippen LogP contribution is -2.56. The molecule has 0 unspecified atom stereocenters. The first kappa shape index (κ1) is 33.5. The second kappa shape index (κ2) is 13.1. The van der Waals surface area contributed by atoms with Gasteiger partial charge in [0.2, 0.25) is 5.91 Å². The maximum Gasteiger partial charge on any atom is 0.342 e. The molecule has 2 heterocycles. The summed E-state index contributed by atoms with van der Waals surface area (Å²) in [5.74, 6) is -4.52. The second-order valence-corrected chi connectivity index (χ2v) is 11.6. The Bertz CT molecular complexity index is 1320. The molecule has 2 aliphatic rings. The number of hydrogen-bond acceptors (Lipinski definition) is 12. The number of carbonyl (C=O) groups is 6. The number of carbonyl (C=O) groups excluding carboxylic acids is 6. The van der Waals surface area contributed by atoms with Crippen LogP contribution < -0.4 is 15.2 Å². The molecule has 13 nitrogen and oxygen atoms in total. The van der Waals surface area contributed by atoms with Crippen molar-refractivity contribution in [2.45, 2.75) is 105 Å². The topological polar surface area (TPSA) is 184 Å². The summed E-state index contributed by atoms with van der Waals surface area (Å²) in [4.78, 5) is 73.0. The van der Waals surface area contributed by atoms with Crippen LogP contribution in [0.5, 0.6) is 11.5 Å². The first-order valence-electron chi connectivity index (χ1n) is 14.0. The van der Waals surface area contributed by atoms with Crippen LogP contribution in [0.25, 0.3) is 0 Å². The molecule has 3 rings (SSSR count). The lowest BCUT2D eigenvalue weighted by atomic mass is 9.72. The smallest absolute Gasteiger partial charge is 0.342 e. The number of amides is 1. The summed E-state index contributed by atoms with van der Waals surface area (Å²) < 4.78 is 33.7. The fourth-order valence-corrected chi connectivity index (χ4v) is 5.60. The van der Waals surface area contributed by atoms with Gasteiger partial charge in [-0.05, 0) is 18.1 Å². The number of nitrogens with two attached hydrogens (primary N) is 1. The van der Waals surface area contributed by atoms with Crippen molar-refractivity contribution in [1.82, 2.24) is 0 Å². The van der Waals surface area contributed by atoms with Crippen molar-refractivity contribution in [1.29, 1.82) is 0 Å². The standard InChI is InChI=1S/C30H39NO12/c1-13-19-9-20(43-29(37)27(19)23(40-17(5)34)10-21(13)38-15(3)32)14(2)22(39-16(4)33)11-26-30(7,8)25(41-18(6)35)12-24(42-26)28(31)36/h10,14,20,22,24-26H,9,11-12H2,1-8H3,(H2,31,36)/t14-,20+,22-,24-,25+,26+/m0/s1. The number of benzene rings is 1. The Balaban J connectivity index is 1.99. The molecule has 0 spiro atoms. The van der Waals surface area contributed by atoms with E-state index < -0.39 is 77.6 Å². The molecule has 0 saturated carbocycles. The zero-order valence-electron chi connectivity index (χ0n) is 25.6. The molecule has 13 heteroatoms. The molecule has 1 saturated heterocycles. The summed E-state index contributed by atoms with van der Waals surface area (Å²) in [6.07, 6.45) is -3.98. The lowest BCUT2D eigenvalue weighted by molar-refractivity contribution is -0.206. The van der Waals surface area contributed by atoms with Crippen molar-refractivity contribution in [3.05, 3.63) is 22.8 Å². The van der Waals surface area contributed by atoms with Crippen LogP contribution in [0.4, 0.5) is 0 Å². The number of cyclic esters (lactones) is 1. The van der Waals surface area contributed by atoms with Gasteiger partial charge in [-0.2, -0.15) is 0 Å². The van der Waals surface area contributed by atoms with E-state index in [1.165, 1.54) is 33.8 Å². The summed E-state index contributed by atoms with van der Waals surface area (Å²) in [5, 5.41) is 0. The van der Waals surface area contributed by atoms with Gasteiger partial charge in [0.15, 0.2) is 0 Å². The zero-order valence-corrected chi connectivity index (χ0v) is 25.6. The highest BCUT2D eigenvalue weighted by Crippen LogP contribution is 2.43. The Morgan fingerprint density at radius 3 is 2.14 bits per heavy atom. The minimum atomic E-state index is -1.04. The van der Waals surface area contributed by atoms with Crippen LogP contribution >= 0.6 is 0 Å². The van der Waals surface area contributed by atoms with E-state index in [0.717, 1.165) is 0 Å². The van der Waals surface area contributed by atoms with Crippen LogP contribution in [0.15, 0.2) is 6.07 Å². The van der Waals surface area contributed by atoms with E-state index in [1.54, 1.807) is 13.8 Å².